The van der Waals surface area contributed by atoms with E-state index >= 15 is 0 Å². The van der Waals surface area contributed by atoms with E-state index in [-0.39, 0.29) is 0 Å². The summed E-state index contributed by atoms with van der Waals surface area (Å²) in [6, 6.07) is 0. The highest BCUT2D eigenvalue weighted by atomic mass is 16.3. The van der Waals surface area contributed by atoms with Crippen molar-refractivity contribution in [3.05, 3.63) is 24.3 Å². The second-order valence-corrected chi connectivity index (χ2v) is 8.74. The highest BCUT2D eigenvalue weighted by Crippen LogP contribution is 2.60. The van der Waals surface area contributed by atoms with E-state index in [2.05, 4.69) is 40.3 Å². The van der Waals surface area contributed by atoms with Gasteiger partial charge in [0.05, 0.1) is 5.60 Å². The highest BCUT2D eigenvalue weighted by Gasteiger charge is 2.51. The third kappa shape index (κ3) is 3.13. The standard InChI is InChI=1S/C20H34O/c1-7-19(5,21)14-11-16-15(2)9-10-17-18(3,4)12-8-13-20(16,17)6/h7,9,16-17,21H,1,8,10-14H2,2-6H3/t16-,17-,19-,20+/m1/s1. The third-order valence-electron chi connectivity index (χ3n) is 6.68. The Morgan fingerprint density at radius 1 is 1.38 bits per heavy atom. The largest absolute Gasteiger partial charge is 0.386 e. The molecule has 1 saturated carbocycles. The van der Waals surface area contributed by atoms with E-state index in [1.165, 1.54) is 25.7 Å². The van der Waals surface area contributed by atoms with Crippen LogP contribution in [0.1, 0.15) is 73.1 Å². The summed E-state index contributed by atoms with van der Waals surface area (Å²) in [5, 5.41) is 10.3. The van der Waals surface area contributed by atoms with Gasteiger partial charge in [0.15, 0.2) is 0 Å². The van der Waals surface area contributed by atoms with Crippen molar-refractivity contribution in [1.29, 1.82) is 0 Å². The van der Waals surface area contributed by atoms with Crippen molar-refractivity contribution in [3.63, 3.8) is 0 Å². The first kappa shape index (κ1) is 16.8. The maximum atomic E-state index is 10.3. The number of hydrogen-bond donors (Lipinski definition) is 1. The van der Waals surface area contributed by atoms with E-state index in [1.54, 1.807) is 11.6 Å². The summed E-state index contributed by atoms with van der Waals surface area (Å²) in [7, 11) is 0. The molecule has 0 saturated heterocycles. The van der Waals surface area contributed by atoms with Gasteiger partial charge in [-0.2, -0.15) is 0 Å². The van der Waals surface area contributed by atoms with Crippen molar-refractivity contribution in [2.24, 2.45) is 22.7 Å². The summed E-state index contributed by atoms with van der Waals surface area (Å²) in [4.78, 5) is 0. The van der Waals surface area contributed by atoms with Gasteiger partial charge in [-0.15, -0.1) is 6.58 Å². The van der Waals surface area contributed by atoms with Crippen LogP contribution in [0, 0.1) is 22.7 Å². The Kier molecular flexibility index (Phi) is 4.46. The molecule has 0 aromatic heterocycles. The van der Waals surface area contributed by atoms with Crippen LogP contribution in [0.5, 0.6) is 0 Å². The molecule has 0 bridgehead atoms. The van der Waals surface area contributed by atoms with E-state index in [1.807, 2.05) is 6.92 Å². The van der Waals surface area contributed by atoms with Crippen LogP contribution >= 0.6 is 0 Å². The van der Waals surface area contributed by atoms with Gasteiger partial charge in [-0.3, -0.25) is 0 Å². The maximum absolute atomic E-state index is 10.3. The predicted octanol–water partition coefficient (Wildman–Crippen LogP) is 5.50. The van der Waals surface area contributed by atoms with Gasteiger partial charge in [0.2, 0.25) is 0 Å². The Morgan fingerprint density at radius 2 is 2.05 bits per heavy atom. The molecular weight excluding hydrogens is 256 g/mol. The van der Waals surface area contributed by atoms with Gasteiger partial charge in [0.1, 0.15) is 0 Å². The lowest BCUT2D eigenvalue weighted by Gasteiger charge is -2.57. The first-order valence-corrected chi connectivity index (χ1v) is 8.65. The Morgan fingerprint density at radius 3 is 2.67 bits per heavy atom. The summed E-state index contributed by atoms with van der Waals surface area (Å²) in [6.07, 6.45) is 11.3. The first-order valence-electron chi connectivity index (χ1n) is 8.65. The molecule has 1 fully saturated rings. The molecule has 4 atom stereocenters. The van der Waals surface area contributed by atoms with Gasteiger partial charge in [0.25, 0.3) is 0 Å². The molecule has 0 unspecified atom stereocenters. The van der Waals surface area contributed by atoms with Gasteiger partial charge >= 0.3 is 0 Å². The van der Waals surface area contributed by atoms with Gasteiger partial charge in [0, 0.05) is 0 Å². The van der Waals surface area contributed by atoms with Gasteiger partial charge < -0.3 is 5.11 Å². The van der Waals surface area contributed by atoms with Crippen LogP contribution in [-0.2, 0) is 0 Å². The summed E-state index contributed by atoms with van der Waals surface area (Å²) < 4.78 is 0. The average molecular weight is 290 g/mol. The molecule has 2 aliphatic rings. The summed E-state index contributed by atoms with van der Waals surface area (Å²) in [5.41, 5.74) is 1.67. The fraction of sp³-hybridized carbons (Fsp3) is 0.800. The van der Waals surface area contributed by atoms with Crippen molar-refractivity contribution in [2.75, 3.05) is 0 Å². The van der Waals surface area contributed by atoms with Crippen LogP contribution in [-0.4, -0.2) is 10.7 Å². The van der Waals surface area contributed by atoms with Gasteiger partial charge in [-0.05, 0) is 68.6 Å². The Labute approximate surface area is 131 Å². The molecule has 120 valence electrons. The average Bonchev–Trinajstić information content (AvgIpc) is 2.36. The van der Waals surface area contributed by atoms with Crippen LogP contribution in [0.4, 0.5) is 0 Å². The SMILES string of the molecule is C=C[C@@](C)(O)CC[C@@H]1C(C)=CC[C@@H]2C(C)(C)CCC[C@@]12C. The number of fused-ring (bicyclic) bond motifs is 1. The second kappa shape index (κ2) is 5.57. The normalized spacial score (nSPS) is 38.1. The van der Waals surface area contributed by atoms with E-state index in [0.29, 0.717) is 16.7 Å². The van der Waals surface area contributed by atoms with Crippen LogP contribution in [0.3, 0.4) is 0 Å². The fourth-order valence-electron chi connectivity index (χ4n) is 5.23. The molecule has 0 aliphatic heterocycles. The Balaban J connectivity index is 2.24. The van der Waals surface area contributed by atoms with Crippen molar-refractivity contribution in [2.45, 2.75) is 78.7 Å². The predicted molar refractivity (Wildman–Crippen MR) is 91.1 cm³/mol. The van der Waals surface area contributed by atoms with Crippen molar-refractivity contribution < 1.29 is 5.11 Å². The van der Waals surface area contributed by atoms with Crippen LogP contribution in [0.25, 0.3) is 0 Å². The first-order chi connectivity index (χ1) is 9.62. The third-order valence-corrected chi connectivity index (χ3v) is 6.68. The second-order valence-electron chi connectivity index (χ2n) is 8.74. The molecule has 0 radical (unpaired) electrons. The topological polar surface area (TPSA) is 20.2 Å². The number of rotatable bonds is 4. The smallest absolute Gasteiger partial charge is 0.0797 e. The molecule has 21 heavy (non-hydrogen) atoms. The van der Waals surface area contributed by atoms with E-state index < -0.39 is 5.60 Å². The number of aliphatic hydroxyl groups is 1. The van der Waals surface area contributed by atoms with E-state index in [0.717, 1.165) is 18.8 Å². The van der Waals surface area contributed by atoms with Crippen molar-refractivity contribution >= 4 is 0 Å². The molecule has 0 amide bonds. The zero-order valence-corrected chi connectivity index (χ0v) is 14.7. The maximum Gasteiger partial charge on any atom is 0.0797 e. The lowest BCUT2D eigenvalue weighted by atomic mass is 9.48. The molecule has 2 aliphatic carbocycles. The molecular formula is C20H34O. The number of allylic oxidation sites excluding steroid dienone is 2. The minimum atomic E-state index is -0.728. The monoisotopic (exact) mass is 290 g/mol. The molecule has 0 aromatic carbocycles. The fourth-order valence-corrected chi connectivity index (χ4v) is 5.23. The van der Waals surface area contributed by atoms with E-state index in [4.69, 9.17) is 0 Å². The molecule has 0 spiro atoms. The summed E-state index contributed by atoms with van der Waals surface area (Å²) in [6.45, 7) is 15.4. The molecule has 2 rings (SSSR count). The van der Waals surface area contributed by atoms with Crippen molar-refractivity contribution in [1.82, 2.24) is 0 Å². The summed E-state index contributed by atoms with van der Waals surface area (Å²) in [5.74, 6) is 1.39. The lowest BCUT2D eigenvalue weighted by Crippen LogP contribution is -2.48. The molecule has 1 nitrogen and oxygen atoms in total. The minimum absolute atomic E-state index is 0.401. The molecule has 1 N–H and O–H groups in total. The zero-order chi connectivity index (χ0) is 15.9. The Bertz CT molecular complexity index is 429. The van der Waals surface area contributed by atoms with Crippen LogP contribution in [0.15, 0.2) is 24.3 Å². The molecule has 1 heteroatoms. The molecule has 0 aromatic rings. The molecule has 0 heterocycles. The Hall–Kier alpha value is -0.560. The van der Waals surface area contributed by atoms with Gasteiger partial charge in [-0.1, -0.05) is 44.9 Å². The van der Waals surface area contributed by atoms with Crippen LogP contribution < -0.4 is 0 Å². The zero-order valence-electron chi connectivity index (χ0n) is 14.7. The highest BCUT2D eigenvalue weighted by molar-refractivity contribution is 5.18. The van der Waals surface area contributed by atoms with Crippen molar-refractivity contribution in [3.8, 4) is 0 Å². The van der Waals surface area contributed by atoms with Crippen LogP contribution in [0.2, 0.25) is 0 Å². The van der Waals surface area contributed by atoms with Gasteiger partial charge in [-0.25, -0.2) is 0 Å². The van der Waals surface area contributed by atoms with E-state index in [9.17, 15) is 5.11 Å². The number of hydrogen-bond acceptors (Lipinski definition) is 1. The quantitative estimate of drug-likeness (QED) is 0.678. The lowest BCUT2D eigenvalue weighted by molar-refractivity contribution is -0.0440. The minimum Gasteiger partial charge on any atom is -0.386 e. The summed E-state index contributed by atoms with van der Waals surface area (Å²) >= 11 is 0.